The van der Waals surface area contributed by atoms with E-state index < -0.39 is 5.60 Å². The van der Waals surface area contributed by atoms with Gasteiger partial charge in [-0.2, -0.15) is 0 Å². The van der Waals surface area contributed by atoms with Crippen LogP contribution in [0.3, 0.4) is 0 Å². The van der Waals surface area contributed by atoms with Gasteiger partial charge in [0.05, 0.1) is 12.2 Å². The van der Waals surface area contributed by atoms with E-state index in [2.05, 4.69) is 0 Å². The fourth-order valence-corrected chi connectivity index (χ4v) is 2.07. The lowest BCUT2D eigenvalue weighted by Crippen LogP contribution is -2.32. The minimum Gasteiger partial charge on any atom is -0.399 e. The molecule has 0 aliphatic carbocycles. The summed E-state index contributed by atoms with van der Waals surface area (Å²) in [5, 5.41) is 10.5. The molecule has 2 rings (SSSR count). The van der Waals surface area contributed by atoms with Crippen LogP contribution in [0.2, 0.25) is 0 Å². The normalized spacial score (nSPS) is 25.1. The maximum Gasteiger partial charge on any atom is 0.0920 e. The van der Waals surface area contributed by atoms with Crippen molar-refractivity contribution in [2.75, 3.05) is 18.9 Å². The summed E-state index contributed by atoms with van der Waals surface area (Å²) >= 11 is 0. The van der Waals surface area contributed by atoms with Gasteiger partial charge in [-0.05, 0) is 31.0 Å². The highest BCUT2D eigenvalue weighted by Crippen LogP contribution is 2.35. The van der Waals surface area contributed by atoms with E-state index in [9.17, 15) is 5.11 Å². The summed E-state index contributed by atoms with van der Waals surface area (Å²) in [5.74, 6) is 0.166. The Labute approximate surface area is 89.9 Å². The molecule has 0 spiro atoms. The van der Waals surface area contributed by atoms with Crippen LogP contribution in [0.25, 0.3) is 0 Å². The number of nitrogens with two attached hydrogens (primary N) is 1. The first kappa shape index (κ1) is 10.5. The van der Waals surface area contributed by atoms with Crippen molar-refractivity contribution in [3.63, 3.8) is 0 Å². The fraction of sp³-hybridized carbons (Fsp3) is 0.500. The molecule has 0 radical (unpaired) electrons. The summed E-state index contributed by atoms with van der Waals surface area (Å²) in [5.41, 5.74) is 6.43. The molecule has 3 heteroatoms. The van der Waals surface area contributed by atoms with Crippen LogP contribution in [0.15, 0.2) is 24.3 Å². The Bertz CT molecular complexity index is 343. The molecule has 0 aromatic heterocycles. The molecule has 0 amide bonds. The highest BCUT2D eigenvalue weighted by Gasteiger charge is 2.36. The Morgan fingerprint density at radius 3 is 2.93 bits per heavy atom. The molecule has 15 heavy (non-hydrogen) atoms. The molecule has 1 aromatic rings. The van der Waals surface area contributed by atoms with E-state index in [4.69, 9.17) is 10.5 Å². The van der Waals surface area contributed by atoms with Crippen LogP contribution in [0.4, 0.5) is 5.69 Å². The van der Waals surface area contributed by atoms with Gasteiger partial charge in [0, 0.05) is 18.2 Å². The standard InChI is InChI=1S/C12H17NO2/c1-12(14,10-5-6-15-8-10)9-3-2-4-11(13)7-9/h2-4,7,10,14H,5-6,8,13H2,1H3. The second-order valence-electron chi connectivity index (χ2n) is 4.33. The van der Waals surface area contributed by atoms with Gasteiger partial charge in [-0.1, -0.05) is 12.1 Å². The summed E-state index contributed by atoms with van der Waals surface area (Å²) < 4.78 is 5.30. The molecule has 1 heterocycles. The van der Waals surface area contributed by atoms with Crippen molar-refractivity contribution in [2.45, 2.75) is 18.9 Å². The number of benzene rings is 1. The molecule has 1 aromatic carbocycles. The van der Waals surface area contributed by atoms with Crippen molar-refractivity contribution in [3.05, 3.63) is 29.8 Å². The molecule has 82 valence electrons. The van der Waals surface area contributed by atoms with Crippen LogP contribution in [-0.2, 0) is 10.3 Å². The number of ether oxygens (including phenoxy) is 1. The van der Waals surface area contributed by atoms with Crippen molar-refractivity contribution in [2.24, 2.45) is 5.92 Å². The third kappa shape index (κ3) is 1.98. The number of aliphatic hydroxyl groups is 1. The highest BCUT2D eigenvalue weighted by atomic mass is 16.5. The topological polar surface area (TPSA) is 55.5 Å². The molecule has 1 saturated heterocycles. The molecule has 2 atom stereocenters. The SMILES string of the molecule is CC(O)(c1cccc(N)c1)C1CCOC1. The lowest BCUT2D eigenvalue weighted by Gasteiger charge is -2.29. The first-order chi connectivity index (χ1) is 7.10. The van der Waals surface area contributed by atoms with Gasteiger partial charge >= 0.3 is 0 Å². The van der Waals surface area contributed by atoms with E-state index in [0.29, 0.717) is 12.3 Å². The molecule has 3 nitrogen and oxygen atoms in total. The van der Waals surface area contributed by atoms with Crippen molar-refractivity contribution in [1.29, 1.82) is 0 Å². The first-order valence-electron chi connectivity index (χ1n) is 5.27. The van der Waals surface area contributed by atoms with E-state index >= 15 is 0 Å². The van der Waals surface area contributed by atoms with Crippen molar-refractivity contribution < 1.29 is 9.84 Å². The molecule has 3 N–H and O–H groups in total. The van der Waals surface area contributed by atoms with Crippen molar-refractivity contribution >= 4 is 5.69 Å². The predicted molar refractivity (Wildman–Crippen MR) is 59.4 cm³/mol. The molecule has 0 bridgehead atoms. The Kier molecular flexibility index (Phi) is 2.67. The predicted octanol–water partition coefficient (Wildman–Crippen LogP) is 1.51. The maximum atomic E-state index is 10.5. The lowest BCUT2D eigenvalue weighted by atomic mass is 9.82. The van der Waals surface area contributed by atoms with Gasteiger partial charge in [0.15, 0.2) is 0 Å². The molecule has 1 aliphatic heterocycles. The smallest absolute Gasteiger partial charge is 0.0920 e. The minimum absolute atomic E-state index is 0.166. The van der Waals surface area contributed by atoms with Gasteiger partial charge in [-0.3, -0.25) is 0 Å². The van der Waals surface area contributed by atoms with Crippen molar-refractivity contribution in [1.82, 2.24) is 0 Å². The second kappa shape index (κ2) is 3.83. The molecule has 1 aliphatic rings. The van der Waals surface area contributed by atoms with Crippen LogP contribution >= 0.6 is 0 Å². The summed E-state index contributed by atoms with van der Waals surface area (Å²) in [6.07, 6.45) is 0.905. The van der Waals surface area contributed by atoms with Gasteiger partial charge in [0.1, 0.15) is 0 Å². The second-order valence-corrected chi connectivity index (χ2v) is 4.33. The van der Waals surface area contributed by atoms with Crippen LogP contribution in [-0.4, -0.2) is 18.3 Å². The molecular weight excluding hydrogens is 190 g/mol. The molecule has 1 fully saturated rings. The maximum absolute atomic E-state index is 10.5. The van der Waals surface area contributed by atoms with E-state index in [1.165, 1.54) is 0 Å². The Morgan fingerprint density at radius 1 is 1.53 bits per heavy atom. The summed E-state index contributed by atoms with van der Waals surface area (Å²) in [4.78, 5) is 0. The summed E-state index contributed by atoms with van der Waals surface area (Å²) in [6, 6.07) is 7.44. The van der Waals surface area contributed by atoms with Crippen LogP contribution in [0.5, 0.6) is 0 Å². The fourth-order valence-electron chi connectivity index (χ4n) is 2.07. The quantitative estimate of drug-likeness (QED) is 0.723. The largest absolute Gasteiger partial charge is 0.399 e. The lowest BCUT2D eigenvalue weighted by molar-refractivity contribution is -0.00966. The summed E-state index contributed by atoms with van der Waals surface area (Å²) in [7, 11) is 0. The van der Waals surface area contributed by atoms with E-state index in [0.717, 1.165) is 18.6 Å². The average molecular weight is 207 g/mol. The van der Waals surface area contributed by atoms with Crippen LogP contribution in [0, 0.1) is 5.92 Å². The van der Waals surface area contributed by atoms with Gasteiger partial charge in [-0.15, -0.1) is 0 Å². The van der Waals surface area contributed by atoms with E-state index in [-0.39, 0.29) is 5.92 Å². The van der Waals surface area contributed by atoms with Gasteiger partial charge in [0.2, 0.25) is 0 Å². The van der Waals surface area contributed by atoms with Crippen molar-refractivity contribution in [3.8, 4) is 0 Å². The van der Waals surface area contributed by atoms with E-state index in [1.54, 1.807) is 0 Å². The van der Waals surface area contributed by atoms with Crippen LogP contribution in [0.1, 0.15) is 18.9 Å². The third-order valence-electron chi connectivity index (χ3n) is 3.20. The Hall–Kier alpha value is -1.06. The number of anilines is 1. The number of hydrogen-bond acceptors (Lipinski definition) is 3. The minimum atomic E-state index is -0.841. The highest BCUT2D eigenvalue weighted by molar-refractivity contribution is 5.42. The zero-order chi connectivity index (χ0) is 10.9. The zero-order valence-electron chi connectivity index (χ0n) is 8.94. The van der Waals surface area contributed by atoms with E-state index in [1.807, 2.05) is 31.2 Å². The third-order valence-corrected chi connectivity index (χ3v) is 3.20. The zero-order valence-corrected chi connectivity index (χ0v) is 8.94. The molecule has 2 unspecified atom stereocenters. The van der Waals surface area contributed by atoms with Gasteiger partial charge in [0.25, 0.3) is 0 Å². The van der Waals surface area contributed by atoms with Gasteiger partial charge < -0.3 is 15.6 Å². The first-order valence-corrected chi connectivity index (χ1v) is 5.27. The number of hydrogen-bond donors (Lipinski definition) is 2. The molecule has 0 saturated carbocycles. The molecular formula is C12H17NO2. The average Bonchev–Trinajstić information content (AvgIpc) is 2.71. The monoisotopic (exact) mass is 207 g/mol. The number of rotatable bonds is 2. The number of nitrogen functional groups attached to an aromatic ring is 1. The van der Waals surface area contributed by atoms with Gasteiger partial charge in [-0.25, -0.2) is 0 Å². The Balaban J connectivity index is 2.27. The Morgan fingerprint density at radius 2 is 2.33 bits per heavy atom. The summed E-state index contributed by atoms with van der Waals surface area (Å²) in [6.45, 7) is 3.20. The van der Waals surface area contributed by atoms with Crippen LogP contribution < -0.4 is 5.73 Å².